The van der Waals surface area contributed by atoms with Gasteiger partial charge >= 0.3 is 0 Å². The predicted molar refractivity (Wildman–Crippen MR) is 71.1 cm³/mol. The van der Waals surface area contributed by atoms with Crippen LogP contribution in [0.15, 0.2) is 30.9 Å². The normalized spacial score (nSPS) is 10.6. The van der Waals surface area contributed by atoms with Gasteiger partial charge in [0, 0.05) is 19.4 Å². The van der Waals surface area contributed by atoms with Crippen molar-refractivity contribution in [1.82, 2.24) is 29.9 Å². The van der Waals surface area contributed by atoms with E-state index < -0.39 is 0 Å². The van der Waals surface area contributed by atoms with E-state index in [-0.39, 0.29) is 0 Å². The number of aromatic amines is 1. The van der Waals surface area contributed by atoms with Crippen LogP contribution < -0.4 is 5.32 Å². The van der Waals surface area contributed by atoms with Crippen LogP contribution in [0.5, 0.6) is 0 Å². The third kappa shape index (κ3) is 2.27. The topological polar surface area (TPSA) is 84.3 Å². The minimum absolute atomic E-state index is 0.446. The van der Waals surface area contributed by atoms with Gasteiger partial charge in [-0.05, 0) is 6.07 Å². The van der Waals surface area contributed by atoms with Crippen molar-refractivity contribution in [3.8, 4) is 11.4 Å². The molecule has 0 bridgehead atoms. The molecule has 3 rings (SSSR count). The summed E-state index contributed by atoms with van der Waals surface area (Å²) in [4.78, 5) is 8.52. The van der Waals surface area contributed by atoms with Gasteiger partial charge in [-0.25, -0.2) is 9.97 Å². The molecule has 96 valence electrons. The number of halogens is 1. The van der Waals surface area contributed by atoms with Crippen molar-refractivity contribution in [2.45, 2.75) is 0 Å². The van der Waals surface area contributed by atoms with Crippen molar-refractivity contribution in [3.63, 3.8) is 0 Å². The van der Waals surface area contributed by atoms with E-state index in [4.69, 9.17) is 11.6 Å². The summed E-state index contributed by atoms with van der Waals surface area (Å²) >= 11 is 6.13. The molecule has 0 radical (unpaired) electrons. The minimum atomic E-state index is 0.446. The molecular weight excluding hydrogens is 266 g/mol. The molecule has 0 amide bonds. The second-order valence-electron chi connectivity index (χ2n) is 3.84. The van der Waals surface area contributed by atoms with Crippen molar-refractivity contribution in [3.05, 3.63) is 35.9 Å². The fourth-order valence-electron chi connectivity index (χ4n) is 1.66. The van der Waals surface area contributed by atoms with Gasteiger partial charge in [-0.3, -0.25) is 9.78 Å². The van der Waals surface area contributed by atoms with E-state index >= 15 is 0 Å². The number of hydrogen-bond donors (Lipinski definition) is 2. The van der Waals surface area contributed by atoms with E-state index in [0.717, 1.165) is 11.4 Å². The fourth-order valence-corrected chi connectivity index (χ4v) is 1.85. The van der Waals surface area contributed by atoms with Crippen LogP contribution in [-0.4, -0.2) is 29.9 Å². The average molecular weight is 276 g/mol. The van der Waals surface area contributed by atoms with Crippen molar-refractivity contribution in [2.75, 3.05) is 5.32 Å². The minimum Gasteiger partial charge on any atom is -0.321 e. The van der Waals surface area contributed by atoms with E-state index in [1.54, 1.807) is 29.5 Å². The number of anilines is 2. The summed E-state index contributed by atoms with van der Waals surface area (Å²) in [5, 5.41) is 14.1. The highest BCUT2D eigenvalue weighted by Crippen LogP contribution is 2.26. The summed E-state index contributed by atoms with van der Waals surface area (Å²) in [6, 6.07) is 1.84. The first-order chi connectivity index (χ1) is 9.24. The molecule has 0 unspecified atom stereocenters. The van der Waals surface area contributed by atoms with Crippen LogP contribution in [-0.2, 0) is 7.05 Å². The molecule has 0 atom stereocenters. The molecule has 0 saturated carbocycles. The van der Waals surface area contributed by atoms with Crippen molar-refractivity contribution < 1.29 is 0 Å². The Morgan fingerprint density at radius 3 is 2.95 bits per heavy atom. The second kappa shape index (κ2) is 4.69. The molecule has 0 fully saturated rings. The zero-order chi connectivity index (χ0) is 13.2. The Kier molecular flexibility index (Phi) is 2.88. The molecular formula is C11H10ClN7. The maximum Gasteiger partial charge on any atom is 0.227 e. The van der Waals surface area contributed by atoms with Gasteiger partial charge in [0.15, 0.2) is 0 Å². The van der Waals surface area contributed by atoms with Gasteiger partial charge in [0.05, 0.1) is 28.8 Å². The van der Waals surface area contributed by atoms with Gasteiger partial charge in [0.2, 0.25) is 5.95 Å². The second-order valence-corrected chi connectivity index (χ2v) is 4.25. The Morgan fingerprint density at radius 1 is 1.37 bits per heavy atom. The van der Waals surface area contributed by atoms with E-state index in [9.17, 15) is 0 Å². The Labute approximate surface area is 113 Å². The lowest BCUT2D eigenvalue weighted by molar-refractivity contribution is 0.773. The zero-order valence-corrected chi connectivity index (χ0v) is 10.8. The van der Waals surface area contributed by atoms with Crippen LogP contribution in [0.3, 0.4) is 0 Å². The highest BCUT2D eigenvalue weighted by atomic mass is 35.5. The van der Waals surface area contributed by atoms with E-state index in [0.29, 0.717) is 16.7 Å². The molecule has 3 aromatic heterocycles. The smallest absolute Gasteiger partial charge is 0.227 e. The molecule has 0 saturated heterocycles. The summed E-state index contributed by atoms with van der Waals surface area (Å²) in [7, 11) is 1.83. The Bertz CT molecular complexity index is 689. The van der Waals surface area contributed by atoms with Crippen molar-refractivity contribution >= 4 is 23.2 Å². The lowest BCUT2D eigenvalue weighted by atomic mass is 10.3. The van der Waals surface area contributed by atoms with Crippen LogP contribution in [0.4, 0.5) is 11.6 Å². The number of H-pyrrole nitrogens is 1. The summed E-state index contributed by atoms with van der Waals surface area (Å²) in [6.45, 7) is 0. The first kappa shape index (κ1) is 11.7. The molecule has 7 nitrogen and oxygen atoms in total. The number of nitrogens with one attached hydrogen (secondary N) is 2. The molecule has 3 aromatic rings. The van der Waals surface area contributed by atoms with E-state index in [1.165, 1.54) is 0 Å². The molecule has 0 aliphatic rings. The standard InChI is InChI=1S/C11H10ClN7/c1-19-9(2-3-16-19)10-8(12)6-13-11(18-10)17-7-4-14-15-5-7/h2-6H,1H3,(H,14,15)(H,13,17,18). The van der Waals surface area contributed by atoms with Crippen LogP contribution in [0.2, 0.25) is 5.02 Å². The van der Waals surface area contributed by atoms with Gasteiger partial charge < -0.3 is 5.32 Å². The molecule has 8 heteroatoms. The van der Waals surface area contributed by atoms with Crippen LogP contribution in [0, 0.1) is 0 Å². The maximum atomic E-state index is 6.13. The van der Waals surface area contributed by atoms with Gasteiger partial charge in [-0.15, -0.1) is 0 Å². The van der Waals surface area contributed by atoms with Crippen molar-refractivity contribution in [1.29, 1.82) is 0 Å². The molecule has 0 aliphatic heterocycles. The van der Waals surface area contributed by atoms with E-state index in [1.807, 2.05) is 13.1 Å². The first-order valence-corrected chi connectivity index (χ1v) is 5.88. The monoisotopic (exact) mass is 275 g/mol. The van der Waals surface area contributed by atoms with Gasteiger partial charge in [-0.1, -0.05) is 11.6 Å². The number of hydrogen-bond acceptors (Lipinski definition) is 5. The Balaban J connectivity index is 1.99. The highest BCUT2D eigenvalue weighted by Gasteiger charge is 2.11. The SMILES string of the molecule is Cn1nccc1-c1nc(Nc2cn[nH]c2)ncc1Cl. The quantitative estimate of drug-likeness (QED) is 0.764. The molecule has 0 spiro atoms. The lowest BCUT2D eigenvalue weighted by Gasteiger charge is -2.06. The molecule has 2 N–H and O–H groups in total. The predicted octanol–water partition coefficient (Wildman–Crippen LogP) is 2.00. The Morgan fingerprint density at radius 2 is 2.26 bits per heavy atom. The third-order valence-corrected chi connectivity index (χ3v) is 2.84. The lowest BCUT2D eigenvalue weighted by Crippen LogP contribution is -2.01. The summed E-state index contributed by atoms with van der Waals surface area (Å²) in [5.41, 5.74) is 2.23. The summed E-state index contributed by atoms with van der Waals surface area (Å²) in [5.74, 6) is 0.446. The largest absolute Gasteiger partial charge is 0.321 e. The molecule has 19 heavy (non-hydrogen) atoms. The summed E-state index contributed by atoms with van der Waals surface area (Å²) in [6.07, 6.45) is 6.60. The number of nitrogens with zero attached hydrogens (tertiary/aromatic N) is 5. The summed E-state index contributed by atoms with van der Waals surface area (Å²) < 4.78 is 1.70. The van der Waals surface area contributed by atoms with Crippen LogP contribution >= 0.6 is 11.6 Å². The molecule has 0 aliphatic carbocycles. The first-order valence-electron chi connectivity index (χ1n) is 5.51. The third-order valence-electron chi connectivity index (χ3n) is 2.56. The van der Waals surface area contributed by atoms with Crippen LogP contribution in [0.1, 0.15) is 0 Å². The number of aryl methyl sites for hydroxylation is 1. The van der Waals surface area contributed by atoms with Gasteiger partial charge in [0.1, 0.15) is 5.69 Å². The molecule has 0 aromatic carbocycles. The van der Waals surface area contributed by atoms with Gasteiger partial charge in [0.25, 0.3) is 0 Å². The van der Waals surface area contributed by atoms with E-state index in [2.05, 4.69) is 30.6 Å². The zero-order valence-electron chi connectivity index (χ0n) is 10.0. The number of rotatable bonds is 3. The van der Waals surface area contributed by atoms with Gasteiger partial charge in [-0.2, -0.15) is 10.2 Å². The average Bonchev–Trinajstić information content (AvgIpc) is 3.03. The molecule has 3 heterocycles. The van der Waals surface area contributed by atoms with Crippen LogP contribution in [0.25, 0.3) is 11.4 Å². The van der Waals surface area contributed by atoms with Crippen molar-refractivity contribution in [2.24, 2.45) is 7.05 Å². The Hall–Kier alpha value is -2.41. The highest BCUT2D eigenvalue weighted by molar-refractivity contribution is 6.32. The number of aromatic nitrogens is 6. The maximum absolute atomic E-state index is 6.13. The fraction of sp³-hybridized carbons (Fsp3) is 0.0909.